The molecule has 0 spiro atoms. The van der Waals surface area contributed by atoms with E-state index in [1.54, 1.807) is 31.2 Å². The van der Waals surface area contributed by atoms with Crippen molar-refractivity contribution in [3.8, 4) is 17.0 Å². The van der Waals surface area contributed by atoms with Crippen LogP contribution in [0.1, 0.15) is 12.7 Å². The minimum absolute atomic E-state index is 0.137. The molecule has 21 heavy (non-hydrogen) atoms. The van der Waals surface area contributed by atoms with Crippen LogP contribution in [0.2, 0.25) is 0 Å². The molecule has 0 unspecified atom stereocenters. The second-order valence-corrected chi connectivity index (χ2v) is 4.22. The number of benzene rings is 1. The zero-order chi connectivity index (χ0) is 15.5. The van der Waals surface area contributed by atoms with E-state index < -0.39 is 12.0 Å². The predicted octanol–water partition coefficient (Wildman–Crippen LogP) is 3.60. The summed E-state index contributed by atoms with van der Waals surface area (Å²) in [5.41, 5.74) is 0.716. The number of methoxy groups -OCH3 is 1. The summed E-state index contributed by atoms with van der Waals surface area (Å²) >= 11 is 0. The summed E-state index contributed by atoms with van der Waals surface area (Å²) in [6.45, 7) is 2.24. The Bertz CT molecular complexity index is 629. The van der Waals surface area contributed by atoms with Gasteiger partial charge in [0, 0.05) is 18.2 Å². The Balaban J connectivity index is 2.53. The Hall–Kier alpha value is -2.31. The van der Waals surface area contributed by atoms with Crippen LogP contribution < -0.4 is 10.1 Å². The largest absolute Gasteiger partial charge is 0.497 e. The molecule has 0 saturated carbocycles. The molecule has 1 heterocycles. The fourth-order valence-electron chi connectivity index (χ4n) is 1.78. The van der Waals surface area contributed by atoms with Crippen molar-refractivity contribution in [2.24, 2.45) is 0 Å². The number of alkyl halides is 3. The maximum atomic E-state index is 12.9. The van der Waals surface area contributed by atoms with Crippen molar-refractivity contribution in [2.75, 3.05) is 19.0 Å². The molecule has 112 valence electrons. The molecule has 0 bridgehead atoms. The highest BCUT2D eigenvalue weighted by Crippen LogP contribution is 2.30. The second kappa shape index (κ2) is 5.99. The number of nitrogens with zero attached hydrogens (tertiary/aromatic N) is 2. The molecule has 2 aromatic rings. The van der Waals surface area contributed by atoms with Crippen LogP contribution in [-0.2, 0) is 6.18 Å². The van der Waals surface area contributed by atoms with Crippen molar-refractivity contribution in [2.45, 2.75) is 13.1 Å². The van der Waals surface area contributed by atoms with E-state index >= 15 is 0 Å². The number of nitrogens with one attached hydrogen (secondary N) is 1. The number of hydrogen-bond acceptors (Lipinski definition) is 4. The van der Waals surface area contributed by atoms with E-state index in [4.69, 9.17) is 4.74 Å². The summed E-state index contributed by atoms with van der Waals surface area (Å²) in [4.78, 5) is 7.08. The lowest BCUT2D eigenvalue weighted by Gasteiger charge is -2.11. The summed E-state index contributed by atoms with van der Waals surface area (Å²) in [7, 11) is 1.49. The molecule has 0 radical (unpaired) electrons. The van der Waals surface area contributed by atoms with Crippen LogP contribution in [0.3, 0.4) is 0 Å². The Morgan fingerprint density at radius 1 is 1.19 bits per heavy atom. The molecule has 1 aromatic heterocycles. The van der Waals surface area contributed by atoms with E-state index in [0.29, 0.717) is 17.9 Å². The van der Waals surface area contributed by atoms with Crippen LogP contribution >= 0.6 is 0 Å². The topological polar surface area (TPSA) is 47.0 Å². The fraction of sp³-hybridized carbons (Fsp3) is 0.286. The van der Waals surface area contributed by atoms with Crippen molar-refractivity contribution in [3.05, 3.63) is 36.2 Å². The Morgan fingerprint density at radius 2 is 1.95 bits per heavy atom. The third-order valence-electron chi connectivity index (χ3n) is 2.70. The molecule has 0 aliphatic heterocycles. The highest BCUT2D eigenvalue weighted by atomic mass is 19.4. The molecule has 0 saturated heterocycles. The van der Waals surface area contributed by atoms with Crippen molar-refractivity contribution >= 4 is 5.82 Å². The number of halogens is 3. The normalized spacial score (nSPS) is 11.3. The lowest BCUT2D eigenvalue weighted by Crippen LogP contribution is -2.13. The SMILES string of the molecule is CCNc1cc(-c2cccc(OC)c2)nc(C(F)(F)F)n1. The monoisotopic (exact) mass is 297 g/mol. The van der Waals surface area contributed by atoms with Gasteiger partial charge in [-0.05, 0) is 19.1 Å². The van der Waals surface area contributed by atoms with Crippen LogP contribution in [0, 0.1) is 0 Å². The van der Waals surface area contributed by atoms with Crippen molar-refractivity contribution in [3.63, 3.8) is 0 Å². The van der Waals surface area contributed by atoms with Crippen LogP contribution in [-0.4, -0.2) is 23.6 Å². The quantitative estimate of drug-likeness (QED) is 0.936. The van der Waals surface area contributed by atoms with Gasteiger partial charge in [0.25, 0.3) is 0 Å². The molecule has 0 fully saturated rings. The molecule has 1 aromatic carbocycles. The van der Waals surface area contributed by atoms with Gasteiger partial charge >= 0.3 is 6.18 Å². The minimum atomic E-state index is -4.60. The first kappa shape index (κ1) is 15.1. The summed E-state index contributed by atoms with van der Waals surface area (Å²) in [6.07, 6.45) is -4.60. The lowest BCUT2D eigenvalue weighted by molar-refractivity contribution is -0.144. The first-order chi connectivity index (χ1) is 9.94. The van der Waals surface area contributed by atoms with Gasteiger partial charge in [0.05, 0.1) is 12.8 Å². The average molecular weight is 297 g/mol. The first-order valence-electron chi connectivity index (χ1n) is 6.28. The number of aromatic nitrogens is 2. The van der Waals surface area contributed by atoms with E-state index in [0.717, 1.165) is 0 Å². The number of rotatable bonds is 4. The maximum absolute atomic E-state index is 12.9. The summed E-state index contributed by atoms with van der Waals surface area (Å²) in [5.74, 6) is -0.485. The van der Waals surface area contributed by atoms with Crippen molar-refractivity contribution in [1.29, 1.82) is 0 Å². The Kier molecular flexibility index (Phi) is 4.30. The molecular formula is C14H14F3N3O. The van der Waals surface area contributed by atoms with E-state index in [-0.39, 0.29) is 11.5 Å². The molecule has 0 atom stereocenters. The van der Waals surface area contributed by atoms with Gasteiger partial charge in [-0.2, -0.15) is 13.2 Å². The zero-order valence-electron chi connectivity index (χ0n) is 11.5. The van der Waals surface area contributed by atoms with E-state index in [1.807, 2.05) is 0 Å². The summed E-state index contributed by atoms with van der Waals surface area (Å²) in [5, 5.41) is 2.78. The van der Waals surface area contributed by atoms with Gasteiger partial charge in [0.1, 0.15) is 11.6 Å². The average Bonchev–Trinajstić information content (AvgIpc) is 2.46. The Morgan fingerprint density at radius 3 is 2.57 bits per heavy atom. The Labute approximate surface area is 120 Å². The van der Waals surface area contributed by atoms with Gasteiger partial charge in [0.15, 0.2) is 0 Å². The van der Waals surface area contributed by atoms with E-state index in [1.165, 1.54) is 13.2 Å². The van der Waals surface area contributed by atoms with Crippen molar-refractivity contribution in [1.82, 2.24) is 9.97 Å². The molecule has 2 rings (SSSR count). The first-order valence-corrected chi connectivity index (χ1v) is 6.28. The maximum Gasteiger partial charge on any atom is 0.451 e. The second-order valence-electron chi connectivity index (χ2n) is 4.22. The summed E-state index contributed by atoms with van der Waals surface area (Å²) < 4.78 is 43.7. The van der Waals surface area contributed by atoms with E-state index in [2.05, 4.69) is 15.3 Å². The third kappa shape index (κ3) is 3.62. The number of anilines is 1. The highest BCUT2D eigenvalue weighted by molar-refractivity contribution is 5.64. The molecule has 0 aliphatic rings. The standard InChI is InChI=1S/C14H14F3N3O/c1-3-18-12-8-11(19-13(20-12)14(15,16)17)9-5-4-6-10(7-9)21-2/h4-8H,3H2,1-2H3,(H,18,19,20). The van der Waals surface area contributed by atoms with Gasteiger partial charge in [-0.25, -0.2) is 9.97 Å². The predicted molar refractivity (Wildman–Crippen MR) is 73.2 cm³/mol. The van der Waals surface area contributed by atoms with Crippen LogP contribution in [0.4, 0.5) is 19.0 Å². The van der Waals surface area contributed by atoms with Crippen LogP contribution in [0.25, 0.3) is 11.3 Å². The molecule has 0 aliphatic carbocycles. The zero-order valence-corrected chi connectivity index (χ0v) is 11.5. The van der Waals surface area contributed by atoms with Gasteiger partial charge in [-0.15, -0.1) is 0 Å². The number of hydrogen-bond donors (Lipinski definition) is 1. The molecule has 4 nitrogen and oxygen atoms in total. The van der Waals surface area contributed by atoms with Gasteiger partial charge in [-0.3, -0.25) is 0 Å². The highest BCUT2D eigenvalue weighted by Gasteiger charge is 2.35. The smallest absolute Gasteiger partial charge is 0.451 e. The molecule has 1 N–H and O–H groups in total. The summed E-state index contributed by atoms with van der Waals surface area (Å²) in [6, 6.07) is 8.17. The van der Waals surface area contributed by atoms with Gasteiger partial charge < -0.3 is 10.1 Å². The van der Waals surface area contributed by atoms with Crippen molar-refractivity contribution < 1.29 is 17.9 Å². The molecule has 7 heteroatoms. The molecular weight excluding hydrogens is 283 g/mol. The van der Waals surface area contributed by atoms with Crippen LogP contribution in [0.5, 0.6) is 5.75 Å². The fourth-order valence-corrected chi connectivity index (χ4v) is 1.78. The minimum Gasteiger partial charge on any atom is -0.497 e. The number of ether oxygens (including phenoxy) is 1. The van der Waals surface area contributed by atoms with Crippen LogP contribution in [0.15, 0.2) is 30.3 Å². The molecule has 0 amide bonds. The lowest BCUT2D eigenvalue weighted by atomic mass is 10.1. The third-order valence-corrected chi connectivity index (χ3v) is 2.70. The van der Waals surface area contributed by atoms with Gasteiger partial charge in [-0.1, -0.05) is 12.1 Å². The van der Waals surface area contributed by atoms with Gasteiger partial charge in [0.2, 0.25) is 5.82 Å². The van der Waals surface area contributed by atoms with E-state index in [9.17, 15) is 13.2 Å².